The third kappa shape index (κ3) is 5.40. The van der Waals surface area contributed by atoms with Gasteiger partial charge in [0.2, 0.25) is 0 Å². The standard InChI is InChI=1S/C23H20ClN5O4S2/c1-14(2)22-20(13-29(27-22)16-4-6-17(32-3)7-5-16)33-19-9-8-18(10-15(19)11-25)35(30,31)28-23-26-12-21(24)34-23/h4-10,12-14H,1-3H3,(H,26,28). The molecular weight excluding hydrogens is 510 g/mol. The lowest BCUT2D eigenvalue weighted by molar-refractivity contribution is 0.414. The summed E-state index contributed by atoms with van der Waals surface area (Å²) in [6.07, 6.45) is 3.07. The number of thiazole rings is 1. The quantitative estimate of drug-likeness (QED) is 0.316. The van der Waals surface area contributed by atoms with E-state index in [0.29, 0.717) is 15.8 Å². The summed E-state index contributed by atoms with van der Waals surface area (Å²) in [5, 5.41) is 14.4. The third-order valence-corrected chi connectivity index (χ3v) is 7.39. The van der Waals surface area contributed by atoms with Crippen LogP contribution in [-0.2, 0) is 10.0 Å². The Labute approximate surface area is 211 Å². The van der Waals surface area contributed by atoms with Gasteiger partial charge in [-0.05, 0) is 42.5 Å². The first-order chi connectivity index (χ1) is 16.7. The topological polar surface area (TPSA) is 119 Å². The Morgan fingerprint density at radius 1 is 1.17 bits per heavy atom. The normalized spacial score (nSPS) is 11.3. The first-order valence-electron chi connectivity index (χ1n) is 10.3. The Bertz CT molecular complexity index is 1510. The number of hydrogen-bond donors (Lipinski definition) is 1. The number of methoxy groups -OCH3 is 1. The van der Waals surface area contributed by atoms with E-state index in [1.165, 1.54) is 24.4 Å². The molecule has 0 atom stereocenters. The molecule has 1 N–H and O–H groups in total. The molecule has 0 aliphatic rings. The Hall–Kier alpha value is -3.59. The van der Waals surface area contributed by atoms with Crippen molar-refractivity contribution in [3.63, 3.8) is 0 Å². The number of sulfonamides is 1. The van der Waals surface area contributed by atoms with Crippen molar-refractivity contribution in [2.45, 2.75) is 24.7 Å². The van der Waals surface area contributed by atoms with E-state index >= 15 is 0 Å². The minimum absolute atomic E-state index is 0.0315. The van der Waals surface area contributed by atoms with Crippen molar-refractivity contribution in [3.8, 4) is 29.0 Å². The van der Waals surface area contributed by atoms with E-state index < -0.39 is 10.0 Å². The third-order valence-electron chi connectivity index (χ3n) is 4.89. The monoisotopic (exact) mass is 529 g/mol. The molecule has 4 aromatic rings. The number of aromatic nitrogens is 3. The maximum Gasteiger partial charge on any atom is 0.263 e. The van der Waals surface area contributed by atoms with Crippen LogP contribution in [0.5, 0.6) is 17.2 Å². The van der Waals surface area contributed by atoms with Crippen LogP contribution in [0.2, 0.25) is 4.34 Å². The fourth-order valence-electron chi connectivity index (χ4n) is 3.16. The highest BCUT2D eigenvalue weighted by molar-refractivity contribution is 7.93. The van der Waals surface area contributed by atoms with Gasteiger partial charge in [0.05, 0.1) is 35.6 Å². The lowest BCUT2D eigenvalue weighted by Crippen LogP contribution is -2.13. The number of ether oxygens (including phenoxy) is 2. The number of benzene rings is 2. The maximum atomic E-state index is 12.7. The van der Waals surface area contributed by atoms with Gasteiger partial charge < -0.3 is 9.47 Å². The van der Waals surface area contributed by atoms with Gasteiger partial charge in [-0.3, -0.25) is 4.72 Å². The fraction of sp³-hybridized carbons (Fsp3) is 0.174. The summed E-state index contributed by atoms with van der Waals surface area (Å²) >= 11 is 6.81. The molecule has 0 saturated heterocycles. The largest absolute Gasteiger partial charge is 0.497 e. The summed E-state index contributed by atoms with van der Waals surface area (Å²) in [7, 11) is -2.38. The number of anilines is 1. The summed E-state index contributed by atoms with van der Waals surface area (Å²) in [5.41, 5.74) is 1.54. The second-order valence-corrected chi connectivity index (χ2v) is 11.0. The van der Waals surface area contributed by atoms with Gasteiger partial charge in [0.1, 0.15) is 27.6 Å². The summed E-state index contributed by atoms with van der Waals surface area (Å²) in [5.74, 6) is 1.42. The van der Waals surface area contributed by atoms with Crippen LogP contribution in [0.25, 0.3) is 5.69 Å². The molecule has 180 valence electrons. The van der Waals surface area contributed by atoms with Gasteiger partial charge in [0, 0.05) is 5.92 Å². The molecule has 4 rings (SSSR count). The van der Waals surface area contributed by atoms with Crippen LogP contribution in [0.4, 0.5) is 5.13 Å². The molecule has 2 aromatic carbocycles. The summed E-state index contributed by atoms with van der Waals surface area (Å²) in [4.78, 5) is 3.79. The van der Waals surface area contributed by atoms with Gasteiger partial charge in [0.15, 0.2) is 10.9 Å². The number of rotatable bonds is 8. The number of halogens is 1. The van der Waals surface area contributed by atoms with Crippen molar-refractivity contribution >= 4 is 38.1 Å². The smallest absolute Gasteiger partial charge is 0.263 e. The van der Waals surface area contributed by atoms with E-state index in [9.17, 15) is 13.7 Å². The molecule has 0 spiro atoms. The van der Waals surface area contributed by atoms with Crippen molar-refractivity contribution in [3.05, 3.63) is 70.5 Å². The van der Waals surface area contributed by atoms with Gasteiger partial charge in [-0.1, -0.05) is 36.8 Å². The molecule has 0 radical (unpaired) electrons. The van der Waals surface area contributed by atoms with Gasteiger partial charge in [-0.2, -0.15) is 10.4 Å². The van der Waals surface area contributed by atoms with E-state index in [4.69, 9.17) is 21.1 Å². The lowest BCUT2D eigenvalue weighted by atomic mass is 10.1. The zero-order chi connectivity index (χ0) is 25.2. The molecule has 0 saturated carbocycles. The van der Waals surface area contributed by atoms with Crippen molar-refractivity contribution in [2.24, 2.45) is 0 Å². The molecule has 2 heterocycles. The molecule has 0 unspecified atom stereocenters. The SMILES string of the molecule is COc1ccc(-n2cc(Oc3ccc(S(=O)(=O)Nc4ncc(Cl)s4)cc3C#N)c(C(C)C)n2)cc1. The molecule has 0 bridgehead atoms. The molecular formula is C23H20ClN5O4S2. The lowest BCUT2D eigenvalue weighted by Gasteiger charge is -2.11. The number of nitrogens with zero attached hydrogens (tertiary/aromatic N) is 4. The van der Waals surface area contributed by atoms with Crippen LogP contribution < -0.4 is 14.2 Å². The summed E-state index contributed by atoms with van der Waals surface area (Å²) < 4.78 is 41.1. The van der Waals surface area contributed by atoms with Crippen LogP contribution in [0, 0.1) is 11.3 Å². The average molecular weight is 530 g/mol. The first-order valence-corrected chi connectivity index (χ1v) is 13.0. The van der Waals surface area contributed by atoms with Gasteiger partial charge in [-0.15, -0.1) is 0 Å². The zero-order valence-electron chi connectivity index (χ0n) is 18.9. The minimum Gasteiger partial charge on any atom is -0.497 e. The highest BCUT2D eigenvalue weighted by atomic mass is 35.5. The van der Waals surface area contributed by atoms with Crippen molar-refractivity contribution in [1.82, 2.24) is 14.8 Å². The van der Waals surface area contributed by atoms with E-state index in [1.54, 1.807) is 18.0 Å². The summed E-state index contributed by atoms with van der Waals surface area (Å²) in [6.45, 7) is 3.95. The van der Waals surface area contributed by atoms with Crippen LogP contribution in [0.15, 0.2) is 59.8 Å². The van der Waals surface area contributed by atoms with Gasteiger partial charge in [-0.25, -0.2) is 18.1 Å². The Morgan fingerprint density at radius 3 is 2.51 bits per heavy atom. The Balaban J connectivity index is 1.64. The molecule has 9 nitrogen and oxygen atoms in total. The number of nitrogens with one attached hydrogen (secondary N) is 1. The number of nitriles is 1. The van der Waals surface area contributed by atoms with Crippen LogP contribution in [0.3, 0.4) is 0 Å². The average Bonchev–Trinajstić information content (AvgIpc) is 3.45. The number of hydrogen-bond acceptors (Lipinski definition) is 8. The minimum atomic E-state index is -3.98. The van der Waals surface area contributed by atoms with Gasteiger partial charge >= 0.3 is 0 Å². The van der Waals surface area contributed by atoms with E-state index in [-0.39, 0.29) is 27.3 Å². The van der Waals surface area contributed by atoms with Crippen LogP contribution >= 0.6 is 22.9 Å². The van der Waals surface area contributed by atoms with Crippen LogP contribution in [-0.4, -0.2) is 30.3 Å². The van der Waals surface area contributed by atoms with Gasteiger partial charge in [0.25, 0.3) is 10.0 Å². The molecule has 0 aliphatic carbocycles. The van der Waals surface area contributed by atoms with E-state index in [1.807, 2.05) is 44.2 Å². The summed E-state index contributed by atoms with van der Waals surface area (Å²) in [6, 6.07) is 13.4. The predicted octanol–water partition coefficient (Wildman–Crippen LogP) is 5.58. The molecule has 0 aliphatic heterocycles. The first kappa shape index (κ1) is 24.5. The van der Waals surface area contributed by atoms with E-state index in [2.05, 4.69) is 14.8 Å². The molecule has 0 fully saturated rings. The highest BCUT2D eigenvalue weighted by Crippen LogP contribution is 2.34. The van der Waals surface area contributed by atoms with Crippen LogP contribution in [0.1, 0.15) is 31.0 Å². The predicted molar refractivity (Wildman–Crippen MR) is 133 cm³/mol. The molecule has 12 heteroatoms. The molecule has 0 amide bonds. The van der Waals surface area contributed by atoms with E-state index in [0.717, 1.165) is 22.8 Å². The second kappa shape index (κ2) is 9.95. The van der Waals surface area contributed by atoms with Crippen molar-refractivity contribution in [2.75, 3.05) is 11.8 Å². The zero-order valence-corrected chi connectivity index (χ0v) is 21.3. The Kier molecular flexibility index (Phi) is 6.98. The fourth-order valence-corrected chi connectivity index (χ4v) is 5.24. The maximum absolute atomic E-state index is 12.7. The Morgan fingerprint density at radius 2 is 1.91 bits per heavy atom. The van der Waals surface area contributed by atoms with Crippen molar-refractivity contribution in [1.29, 1.82) is 5.26 Å². The second-order valence-electron chi connectivity index (χ2n) is 7.62. The highest BCUT2D eigenvalue weighted by Gasteiger charge is 2.21. The van der Waals surface area contributed by atoms with Crippen molar-refractivity contribution < 1.29 is 17.9 Å². The molecule has 35 heavy (non-hydrogen) atoms. The molecule has 2 aromatic heterocycles.